The number of rotatable bonds is 19. The molecular formula is C23H42NNaO5. The molecule has 6 nitrogen and oxygen atoms in total. The first-order valence-corrected chi connectivity index (χ1v) is 11.3. The van der Waals surface area contributed by atoms with Crippen LogP contribution in [0.2, 0.25) is 0 Å². The number of ether oxygens (including phenoxy) is 1. The Bertz CT molecular complexity index is 489. The van der Waals surface area contributed by atoms with Crippen LogP contribution in [-0.4, -0.2) is 29.1 Å². The van der Waals surface area contributed by atoms with Crippen LogP contribution in [0.1, 0.15) is 111 Å². The van der Waals surface area contributed by atoms with Gasteiger partial charge in [0.15, 0.2) is 0 Å². The summed E-state index contributed by atoms with van der Waals surface area (Å²) in [5.74, 6) is -2.42. The van der Waals surface area contributed by atoms with Gasteiger partial charge in [-0.25, -0.2) is 0 Å². The van der Waals surface area contributed by atoms with Crippen LogP contribution in [0, 0.1) is 0 Å². The molecule has 3 N–H and O–H groups in total. The van der Waals surface area contributed by atoms with Crippen molar-refractivity contribution in [2.24, 2.45) is 5.73 Å². The Morgan fingerprint density at radius 3 is 1.83 bits per heavy atom. The zero-order chi connectivity index (χ0) is 21.7. The van der Waals surface area contributed by atoms with Crippen LogP contribution in [-0.2, 0) is 19.1 Å². The molecule has 0 aliphatic carbocycles. The van der Waals surface area contributed by atoms with Crippen molar-refractivity contribution in [2.45, 2.75) is 116 Å². The number of unbranched alkanes of at least 4 members (excludes halogenated alkanes) is 11. The molecule has 0 bridgehead atoms. The van der Waals surface area contributed by atoms with Crippen molar-refractivity contribution in [2.75, 3.05) is 0 Å². The van der Waals surface area contributed by atoms with Crippen molar-refractivity contribution in [3.8, 4) is 0 Å². The fourth-order valence-corrected chi connectivity index (χ4v) is 2.97. The summed E-state index contributed by atoms with van der Waals surface area (Å²) in [4.78, 5) is 33.6. The Labute approximate surface area is 206 Å². The second-order valence-electron chi connectivity index (χ2n) is 7.66. The van der Waals surface area contributed by atoms with Gasteiger partial charge in [-0.3, -0.25) is 14.4 Å². The van der Waals surface area contributed by atoms with Crippen molar-refractivity contribution in [1.29, 1.82) is 0 Å². The van der Waals surface area contributed by atoms with Gasteiger partial charge in [-0.15, -0.1) is 0 Å². The molecule has 7 heteroatoms. The Hall–Kier alpha value is -0.690. The van der Waals surface area contributed by atoms with Crippen molar-refractivity contribution in [3.63, 3.8) is 0 Å². The molecule has 0 amide bonds. The topological polar surface area (TPSA) is 107 Å². The zero-order valence-electron chi connectivity index (χ0n) is 20.2. The maximum atomic E-state index is 11.6. The molecule has 1 atom stereocenters. The minimum Gasteiger partial charge on any atom is -1.00 e. The first-order chi connectivity index (χ1) is 14.0. The number of allylic oxidation sites excluding steroid dienone is 2. The molecule has 0 rings (SSSR count). The first-order valence-electron chi connectivity index (χ1n) is 11.3. The van der Waals surface area contributed by atoms with E-state index in [0.29, 0.717) is 6.42 Å². The Kier molecular flexibility index (Phi) is 24.1. The van der Waals surface area contributed by atoms with Gasteiger partial charge in [0.25, 0.3) is 0 Å². The van der Waals surface area contributed by atoms with E-state index in [0.717, 1.165) is 25.7 Å². The number of carbonyl (C=O) groups excluding carboxylic acids is 2. The normalized spacial score (nSPS) is 11.8. The molecule has 0 aromatic heterocycles. The fourth-order valence-electron chi connectivity index (χ4n) is 2.97. The summed E-state index contributed by atoms with van der Waals surface area (Å²) in [6.45, 7) is 2.24. The van der Waals surface area contributed by atoms with Crippen LogP contribution in [0.4, 0.5) is 0 Å². The largest absolute Gasteiger partial charge is 1.00 e. The van der Waals surface area contributed by atoms with E-state index in [1.807, 2.05) is 0 Å². The number of esters is 2. The molecule has 0 spiro atoms. The average Bonchev–Trinajstić information content (AvgIpc) is 2.68. The minimum absolute atomic E-state index is 0. The van der Waals surface area contributed by atoms with E-state index < -0.39 is 23.9 Å². The number of carboxylic acids is 1. The van der Waals surface area contributed by atoms with Gasteiger partial charge in [-0.1, -0.05) is 70.4 Å². The van der Waals surface area contributed by atoms with Gasteiger partial charge in [0.2, 0.25) is 0 Å². The van der Waals surface area contributed by atoms with Gasteiger partial charge >= 0.3 is 47.5 Å². The molecule has 0 heterocycles. The van der Waals surface area contributed by atoms with E-state index in [9.17, 15) is 14.4 Å². The molecular weight excluding hydrogens is 393 g/mol. The summed E-state index contributed by atoms with van der Waals surface area (Å²) in [6.07, 6.45) is 20.0. The summed E-state index contributed by atoms with van der Waals surface area (Å²) in [5, 5.41) is 8.63. The molecule has 0 aliphatic rings. The SMILES string of the molecule is CCCCCCCC/C=C\CCCCCCCC(=O)OC(=O)CC[C@H](N)C(=O)O.[H-].[Na+]. The average molecular weight is 436 g/mol. The molecule has 30 heavy (non-hydrogen) atoms. The Balaban J connectivity index is -0.00000392. The second kappa shape index (κ2) is 23.0. The number of hydrogen-bond donors (Lipinski definition) is 2. The van der Waals surface area contributed by atoms with Gasteiger partial charge in [0.1, 0.15) is 6.04 Å². The summed E-state index contributed by atoms with van der Waals surface area (Å²) in [7, 11) is 0. The fraction of sp³-hybridized carbons (Fsp3) is 0.783. The van der Waals surface area contributed by atoms with Crippen LogP contribution in [0.25, 0.3) is 0 Å². The quantitative estimate of drug-likeness (QED) is 0.106. The van der Waals surface area contributed by atoms with Crippen molar-refractivity contribution >= 4 is 17.9 Å². The number of carbonyl (C=O) groups is 3. The van der Waals surface area contributed by atoms with E-state index in [1.165, 1.54) is 51.4 Å². The number of carboxylic acid groups (broad SMARTS) is 1. The maximum absolute atomic E-state index is 11.6. The third kappa shape index (κ3) is 22.0. The van der Waals surface area contributed by atoms with Crippen LogP contribution < -0.4 is 35.3 Å². The van der Waals surface area contributed by atoms with E-state index in [1.54, 1.807) is 0 Å². The Morgan fingerprint density at radius 2 is 1.30 bits per heavy atom. The van der Waals surface area contributed by atoms with E-state index in [2.05, 4.69) is 23.8 Å². The van der Waals surface area contributed by atoms with E-state index in [4.69, 9.17) is 10.8 Å². The van der Waals surface area contributed by atoms with Gasteiger partial charge in [0, 0.05) is 12.8 Å². The smallest absolute Gasteiger partial charge is 1.00 e. The summed E-state index contributed by atoms with van der Waals surface area (Å²) in [6, 6.07) is -1.11. The van der Waals surface area contributed by atoms with Crippen LogP contribution in [0.15, 0.2) is 12.2 Å². The van der Waals surface area contributed by atoms with Crippen molar-refractivity contribution < 1.29 is 55.2 Å². The zero-order valence-corrected chi connectivity index (χ0v) is 21.2. The van der Waals surface area contributed by atoms with Crippen molar-refractivity contribution in [3.05, 3.63) is 12.2 Å². The molecule has 0 saturated carbocycles. The minimum atomic E-state index is -1.17. The third-order valence-corrected chi connectivity index (χ3v) is 4.85. The first kappa shape index (κ1) is 31.5. The van der Waals surface area contributed by atoms with Gasteiger partial charge in [0.05, 0.1) is 0 Å². The van der Waals surface area contributed by atoms with Gasteiger partial charge in [-0.05, 0) is 38.5 Å². The molecule has 170 valence electrons. The number of aliphatic carboxylic acids is 1. The Morgan fingerprint density at radius 1 is 0.833 bits per heavy atom. The van der Waals surface area contributed by atoms with E-state index in [-0.39, 0.29) is 50.2 Å². The summed E-state index contributed by atoms with van der Waals surface area (Å²) in [5.41, 5.74) is 5.30. The van der Waals surface area contributed by atoms with E-state index >= 15 is 0 Å². The number of hydrogen-bond acceptors (Lipinski definition) is 5. The van der Waals surface area contributed by atoms with Crippen LogP contribution >= 0.6 is 0 Å². The molecule has 0 aromatic carbocycles. The molecule has 0 unspecified atom stereocenters. The maximum Gasteiger partial charge on any atom is 1.00 e. The number of nitrogens with two attached hydrogens (primary N) is 1. The van der Waals surface area contributed by atoms with Crippen LogP contribution in [0.3, 0.4) is 0 Å². The van der Waals surface area contributed by atoms with Gasteiger partial charge < -0.3 is 17.0 Å². The third-order valence-electron chi connectivity index (χ3n) is 4.85. The second-order valence-corrected chi connectivity index (χ2v) is 7.66. The van der Waals surface area contributed by atoms with Gasteiger partial charge in [-0.2, -0.15) is 0 Å². The molecule has 0 aromatic rings. The predicted molar refractivity (Wildman–Crippen MR) is 117 cm³/mol. The van der Waals surface area contributed by atoms with Crippen molar-refractivity contribution in [1.82, 2.24) is 0 Å². The molecule has 0 aliphatic heterocycles. The predicted octanol–water partition coefficient (Wildman–Crippen LogP) is 2.40. The van der Waals surface area contributed by atoms with Crippen LogP contribution in [0.5, 0.6) is 0 Å². The molecule has 0 saturated heterocycles. The summed E-state index contributed by atoms with van der Waals surface area (Å²) >= 11 is 0. The molecule has 0 radical (unpaired) electrons. The monoisotopic (exact) mass is 435 g/mol. The molecule has 0 fully saturated rings. The standard InChI is InChI=1S/C23H41NO5.Na.H/c1-2-3-4-5-6-7-8-9-10-11-12-13-14-15-16-17-21(25)29-22(26)19-18-20(24)23(27)28;;/h9-10,20H,2-8,11-19,24H2,1H3,(H,27,28);;/q;+1;-1/b10-9-;;/t20-;;/m0../s1. The summed E-state index contributed by atoms with van der Waals surface area (Å²) < 4.78 is 4.66.